The third-order valence-electron chi connectivity index (χ3n) is 3.64. The molecule has 1 amide bonds. The van der Waals surface area contributed by atoms with E-state index in [2.05, 4.69) is 9.88 Å². The monoisotopic (exact) mass is 257 g/mol. The molecule has 0 aliphatic heterocycles. The first-order chi connectivity index (χ1) is 9.24. The van der Waals surface area contributed by atoms with E-state index in [4.69, 9.17) is 5.26 Å². The first kappa shape index (κ1) is 13.4. The highest BCUT2D eigenvalue weighted by atomic mass is 16.1. The molecule has 19 heavy (non-hydrogen) atoms. The smallest absolute Gasteiger partial charge is 0.261 e. The number of nitrogens with one attached hydrogen (secondary N) is 1. The predicted octanol–water partition coefficient (Wildman–Crippen LogP) is 2.65. The van der Waals surface area contributed by atoms with Gasteiger partial charge in [-0.2, -0.15) is 5.26 Å². The molecule has 0 aromatic carbocycles. The van der Waals surface area contributed by atoms with E-state index < -0.39 is 0 Å². The summed E-state index contributed by atoms with van der Waals surface area (Å²) < 4.78 is 2.21. The van der Waals surface area contributed by atoms with Crippen LogP contribution in [0.25, 0.3) is 6.08 Å². The van der Waals surface area contributed by atoms with Crippen molar-refractivity contribution in [2.45, 2.75) is 38.1 Å². The van der Waals surface area contributed by atoms with Crippen molar-refractivity contribution < 1.29 is 4.79 Å². The van der Waals surface area contributed by atoms with Crippen LogP contribution in [-0.2, 0) is 4.79 Å². The van der Waals surface area contributed by atoms with Crippen LogP contribution < -0.4 is 5.32 Å². The molecule has 0 atom stereocenters. The normalized spacial score (nSPS) is 16.9. The fourth-order valence-electron chi connectivity index (χ4n) is 2.57. The lowest BCUT2D eigenvalue weighted by atomic mass is 9.95. The van der Waals surface area contributed by atoms with E-state index in [-0.39, 0.29) is 11.5 Å². The molecule has 0 bridgehead atoms. The summed E-state index contributed by atoms with van der Waals surface area (Å²) in [7, 11) is 1.53. The summed E-state index contributed by atoms with van der Waals surface area (Å²) in [4.78, 5) is 11.4. The van der Waals surface area contributed by atoms with Crippen molar-refractivity contribution in [1.82, 2.24) is 9.88 Å². The van der Waals surface area contributed by atoms with Gasteiger partial charge in [-0.15, -0.1) is 0 Å². The molecule has 4 nitrogen and oxygen atoms in total. The molecule has 0 unspecified atom stereocenters. The zero-order valence-electron chi connectivity index (χ0n) is 11.2. The van der Waals surface area contributed by atoms with Gasteiger partial charge in [0, 0.05) is 25.5 Å². The third-order valence-corrected chi connectivity index (χ3v) is 3.64. The lowest BCUT2D eigenvalue weighted by Crippen LogP contribution is -2.19. The van der Waals surface area contributed by atoms with Crippen LogP contribution in [-0.4, -0.2) is 17.5 Å². The van der Waals surface area contributed by atoms with E-state index in [1.807, 2.05) is 24.5 Å². The maximum atomic E-state index is 11.4. The fraction of sp³-hybridized carbons (Fsp3) is 0.467. The van der Waals surface area contributed by atoms with E-state index in [0.29, 0.717) is 6.04 Å². The Balaban J connectivity index is 2.14. The molecule has 1 aromatic rings. The lowest BCUT2D eigenvalue weighted by molar-refractivity contribution is -0.116. The minimum Gasteiger partial charge on any atom is -0.354 e. The Morgan fingerprint density at radius 2 is 2.21 bits per heavy atom. The van der Waals surface area contributed by atoms with Crippen LogP contribution in [0.2, 0.25) is 0 Å². The van der Waals surface area contributed by atoms with Gasteiger partial charge in [0.1, 0.15) is 11.6 Å². The average molecular weight is 257 g/mol. The van der Waals surface area contributed by atoms with Crippen molar-refractivity contribution in [2.24, 2.45) is 0 Å². The Morgan fingerprint density at radius 3 is 2.84 bits per heavy atom. The van der Waals surface area contributed by atoms with Gasteiger partial charge in [-0.1, -0.05) is 19.3 Å². The van der Waals surface area contributed by atoms with Gasteiger partial charge in [0.05, 0.1) is 0 Å². The lowest BCUT2D eigenvalue weighted by Gasteiger charge is -2.23. The first-order valence-electron chi connectivity index (χ1n) is 6.76. The SMILES string of the molecule is CNC(=O)/C(C#N)=C/c1ccn(C2CCCCC2)c1. The van der Waals surface area contributed by atoms with Crippen molar-refractivity contribution in [2.75, 3.05) is 7.05 Å². The van der Waals surface area contributed by atoms with E-state index in [1.165, 1.54) is 39.2 Å². The van der Waals surface area contributed by atoms with Crippen LogP contribution in [0.15, 0.2) is 24.0 Å². The summed E-state index contributed by atoms with van der Waals surface area (Å²) in [6, 6.07) is 4.45. The third kappa shape index (κ3) is 3.25. The molecule has 1 aliphatic rings. The number of aromatic nitrogens is 1. The summed E-state index contributed by atoms with van der Waals surface area (Å²) in [6.45, 7) is 0. The minimum atomic E-state index is -0.340. The molecule has 0 radical (unpaired) electrons. The first-order valence-corrected chi connectivity index (χ1v) is 6.76. The molecule has 1 saturated carbocycles. The number of rotatable bonds is 3. The van der Waals surface area contributed by atoms with Crippen LogP contribution in [0.5, 0.6) is 0 Å². The Kier molecular flexibility index (Phi) is 4.40. The van der Waals surface area contributed by atoms with Gasteiger partial charge in [0.15, 0.2) is 0 Å². The largest absolute Gasteiger partial charge is 0.354 e. The highest BCUT2D eigenvalue weighted by molar-refractivity contribution is 6.01. The minimum absolute atomic E-state index is 0.142. The number of carbonyl (C=O) groups is 1. The molecular weight excluding hydrogens is 238 g/mol. The Labute approximate surface area is 113 Å². The molecule has 2 rings (SSSR count). The maximum absolute atomic E-state index is 11.4. The molecule has 1 fully saturated rings. The van der Waals surface area contributed by atoms with Gasteiger partial charge in [-0.25, -0.2) is 0 Å². The summed E-state index contributed by atoms with van der Waals surface area (Å²) in [5, 5.41) is 11.4. The maximum Gasteiger partial charge on any atom is 0.261 e. The second kappa shape index (κ2) is 6.24. The highest BCUT2D eigenvalue weighted by Crippen LogP contribution is 2.28. The van der Waals surface area contributed by atoms with Crippen LogP contribution >= 0.6 is 0 Å². The van der Waals surface area contributed by atoms with Gasteiger partial charge >= 0.3 is 0 Å². The van der Waals surface area contributed by atoms with Gasteiger partial charge in [0.2, 0.25) is 0 Å². The molecule has 1 aromatic heterocycles. The number of amides is 1. The van der Waals surface area contributed by atoms with E-state index in [0.717, 1.165) is 5.56 Å². The number of likely N-dealkylation sites (N-methyl/N-ethyl adjacent to an activating group) is 1. The molecule has 4 heteroatoms. The van der Waals surface area contributed by atoms with Crippen molar-refractivity contribution in [3.8, 4) is 6.07 Å². The van der Waals surface area contributed by atoms with Gasteiger partial charge in [-0.3, -0.25) is 4.79 Å². The standard InChI is InChI=1S/C15H19N3O/c1-17-15(19)13(10-16)9-12-7-8-18(11-12)14-5-3-2-4-6-14/h7-9,11,14H,2-6H2,1H3,(H,17,19)/b13-9+. The summed E-state index contributed by atoms with van der Waals surface area (Å²) in [6.07, 6.45) is 12.1. The van der Waals surface area contributed by atoms with Crippen molar-refractivity contribution >= 4 is 12.0 Å². The molecular formula is C15H19N3O. The number of hydrogen-bond acceptors (Lipinski definition) is 2. The van der Waals surface area contributed by atoms with Crippen molar-refractivity contribution in [3.05, 3.63) is 29.6 Å². The molecule has 1 heterocycles. The second-order valence-corrected chi connectivity index (χ2v) is 4.93. The van der Waals surface area contributed by atoms with Crippen LogP contribution in [0.4, 0.5) is 0 Å². The van der Waals surface area contributed by atoms with E-state index in [9.17, 15) is 4.79 Å². The van der Waals surface area contributed by atoms with Crippen LogP contribution in [0, 0.1) is 11.3 Å². The van der Waals surface area contributed by atoms with Gasteiger partial charge in [0.25, 0.3) is 5.91 Å². The quantitative estimate of drug-likeness (QED) is 0.668. The van der Waals surface area contributed by atoms with E-state index >= 15 is 0 Å². The Hall–Kier alpha value is -2.02. The molecule has 1 N–H and O–H groups in total. The van der Waals surface area contributed by atoms with Gasteiger partial charge < -0.3 is 9.88 Å². The fourth-order valence-corrected chi connectivity index (χ4v) is 2.57. The van der Waals surface area contributed by atoms with Crippen LogP contribution in [0.3, 0.4) is 0 Å². The zero-order valence-corrected chi connectivity index (χ0v) is 11.2. The molecule has 100 valence electrons. The number of nitrogens with zero attached hydrogens (tertiary/aromatic N) is 2. The zero-order chi connectivity index (χ0) is 13.7. The molecule has 0 saturated heterocycles. The summed E-state index contributed by atoms with van der Waals surface area (Å²) >= 11 is 0. The van der Waals surface area contributed by atoms with Crippen molar-refractivity contribution in [3.63, 3.8) is 0 Å². The second-order valence-electron chi connectivity index (χ2n) is 4.93. The number of nitriles is 1. The molecule has 1 aliphatic carbocycles. The Morgan fingerprint density at radius 1 is 1.47 bits per heavy atom. The number of carbonyl (C=O) groups excluding carboxylic acids is 1. The topological polar surface area (TPSA) is 57.8 Å². The summed E-state index contributed by atoms with van der Waals surface area (Å²) in [5.41, 5.74) is 1.05. The average Bonchev–Trinajstić information content (AvgIpc) is 2.93. The highest BCUT2D eigenvalue weighted by Gasteiger charge is 2.15. The summed E-state index contributed by atoms with van der Waals surface area (Å²) in [5.74, 6) is -0.340. The van der Waals surface area contributed by atoms with Crippen molar-refractivity contribution in [1.29, 1.82) is 5.26 Å². The van der Waals surface area contributed by atoms with Crippen LogP contribution in [0.1, 0.15) is 43.7 Å². The number of hydrogen-bond donors (Lipinski definition) is 1. The molecule has 0 spiro atoms. The predicted molar refractivity (Wildman–Crippen MR) is 74.2 cm³/mol. The Bertz CT molecular complexity index is 516. The van der Waals surface area contributed by atoms with E-state index in [1.54, 1.807) is 6.08 Å². The van der Waals surface area contributed by atoms with Gasteiger partial charge in [-0.05, 0) is 30.5 Å².